The number of anilines is 1. The summed E-state index contributed by atoms with van der Waals surface area (Å²) in [4.78, 5) is 2.10. The average molecular weight is 266 g/mol. The molecule has 0 amide bonds. The fourth-order valence-corrected chi connectivity index (χ4v) is 2.38. The topological polar surface area (TPSA) is 36.3 Å². The Labute approximate surface area is 120 Å². The molecule has 20 heavy (non-hydrogen) atoms. The average Bonchev–Trinajstić information content (AvgIpc) is 2.46. The molecule has 2 aromatic carbocycles. The SMILES string of the molecule is COc1cccc(CN(C)c2c(C)cccc2C#N)c1. The van der Waals surface area contributed by atoms with Gasteiger partial charge in [-0.05, 0) is 36.2 Å². The van der Waals surface area contributed by atoms with Gasteiger partial charge in [0.2, 0.25) is 0 Å². The zero-order valence-electron chi connectivity index (χ0n) is 12.1. The van der Waals surface area contributed by atoms with Gasteiger partial charge in [-0.15, -0.1) is 0 Å². The first kappa shape index (κ1) is 14.0. The first-order valence-electron chi connectivity index (χ1n) is 6.49. The molecule has 0 aromatic heterocycles. The monoisotopic (exact) mass is 266 g/mol. The number of nitriles is 1. The molecule has 0 spiro atoms. The van der Waals surface area contributed by atoms with Crippen molar-refractivity contribution in [2.75, 3.05) is 19.1 Å². The Morgan fingerprint density at radius 1 is 1.20 bits per heavy atom. The lowest BCUT2D eigenvalue weighted by Crippen LogP contribution is -2.18. The maximum absolute atomic E-state index is 9.24. The van der Waals surface area contributed by atoms with Crippen molar-refractivity contribution in [2.24, 2.45) is 0 Å². The van der Waals surface area contributed by atoms with Gasteiger partial charge < -0.3 is 9.64 Å². The van der Waals surface area contributed by atoms with Gasteiger partial charge in [0.15, 0.2) is 0 Å². The van der Waals surface area contributed by atoms with Gasteiger partial charge >= 0.3 is 0 Å². The highest BCUT2D eigenvalue weighted by atomic mass is 16.5. The Morgan fingerprint density at radius 2 is 1.95 bits per heavy atom. The van der Waals surface area contributed by atoms with Gasteiger partial charge in [-0.1, -0.05) is 24.3 Å². The molecule has 0 aliphatic rings. The van der Waals surface area contributed by atoms with Crippen LogP contribution in [0.1, 0.15) is 16.7 Å². The molecule has 102 valence electrons. The summed E-state index contributed by atoms with van der Waals surface area (Å²) in [5.41, 5.74) is 3.95. The van der Waals surface area contributed by atoms with Crippen LogP contribution in [0.25, 0.3) is 0 Å². The van der Waals surface area contributed by atoms with Crippen molar-refractivity contribution < 1.29 is 4.74 Å². The summed E-state index contributed by atoms with van der Waals surface area (Å²) in [5, 5.41) is 9.24. The van der Waals surface area contributed by atoms with Gasteiger partial charge in [0.25, 0.3) is 0 Å². The molecule has 3 heteroatoms. The third kappa shape index (κ3) is 2.92. The second-order valence-electron chi connectivity index (χ2n) is 4.79. The Morgan fingerprint density at radius 3 is 2.65 bits per heavy atom. The van der Waals surface area contributed by atoms with E-state index >= 15 is 0 Å². The number of hydrogen-bond donors (Lipinski definition) is 0. The zero-order chi connectivity index (χ0) is 14.5. The van der Waals surface area contributed by atoms with E-state index in [2.05, 4.69) is 17.0 Å². The third-order valence-corrected chi connectivity index (χ3v) is 3.29. The Kier molecular flexibility index (Phi) is 4.27. The third-order valence-electron chi connectivity index (χ3n) is 3.29. The fraction of sp³-hybridized carbons (Fsp3) is 0.235. The molecule has 0 radical (unpaired) electrons. The van der Waals surface area contributed by atoms with E-state index in [1.807, 2.05) is 50.4 Å². The van der Waals surface area contributed by atoms with E-state index in [1.54, 1.807) is 7.11 Å². The van der Waals surface area contributed by atoms with Crippen LogP contribution in [0.3, 0.4) is 0 Å². The maximum Gasteiger partial charge on any atom is 0.119 e. The van der Waals surface area contributed by atoms with Crippen molar-refractivity contribution in [3.05, 3.63) is 59.2 Å². The van der Waals surface area contributed by atoms with Crippen LogP contribution in [-0.4, -0.2) is 14.2 Å². The van der Waals surface area contributed by atoms with Crippen LogP contribution in [-0.2, 0) is 6.54 Å². The van der Waals surface area contributed by atoms with E-state index < -0.39 is 0 Å². The maximum atomic E-state index is 9.24. The van der Waals surface area contributed by atoms with Gasteiger partial charge in [0.05, 0.1) is 18.4 Å². The summed E-state index contributed by atoms with van der Waals surface area (Å²) in [7, 11) is 3.67. The molecular weight excluding hydrogens is 248 g/mol. The van der Waals surface area contributed by atoms with Crippen molar-refractivity contribution in [3.8, 4) is 11.8 Å². The number of benzene rings is 2. The van der Waals surface area contributed by atoms with E-state index in [-0.39, 0.29) is 0 Å². The summed E-state index contributed by atoms with van der Waals surface area (Å²) < 4.78 is 5.24. The van der Waals surface area contributed by atoms with Crippen LogP contribution in [0.2, 0.25) is 0 Å². The molecule has 2 aromatic rings. The molecule has 0 aliphatic heterocycles. The van der Waals surface area contributed by atoms with Crippen LogP contribution in [0, 0.1) is 18.3 Å². The standard InChI is InChI=1S/C17H18N2O/c1-13-6-4-8-15(11-18)17(13)19(2)12-14-7-5-9-16(10-14)20-3/h4-10H,12H2,1-3H3. The number of aryl methyl sites for hydroxylation is 1. The van der Waals surface area contributed by atoms with E-state index in [0.29, 0.717) is 5.56 Å². The van der Waals surface area contributed by atoms with Crippen LogP contribution in [0.15, 0.2) is 42.5 Å². The smallest absolute Gasteiger partial charge is 0.119 e. The predicted octanol–water partition coefficient (Wildman–Crippen LogP) is 3.51. The molecule has 3 nitrogen and oxygen atoms in total. The van der Waals surface area contributed by atoms with E-state index in [0.717, 1.165) is 29.1 Å². The van der Waals surface area contributed by atoms with Gasteiger partial charge in [0, 0.05) is 13.6 Å². The minimum Gasteiger partial charge on any atom is -0.497 e. The van der Waals surface area contributed by atoms with Gasteiger partial charge in [0.1, 0.15) is 11.8 Å². The van der Waals surface area contributed by atoms with Crippen LogP contribution >= 0.6 is 0 Å². The molecule has 0 aliphatic carbocycles. The van der Waals surface area contributed by atoms with Gasteiger partial charge in [-0.2, -0.15) is 5.26 Å². The highest BCUT2D eigenvalue weighted by Crippen LogP contribution is 2.25. The van der Waals surface area contributed by atoms with E-state index in [1.165, 1.54) is 0 Å². The van der Waals surface area contributed by atoms with Crippen molar-refractivity contribution in [1.29, 1.82) is 5.26 Å². The molecule has 0 bridgehead atoms. The predicted molar refractivity (Wildman–Crippen MR) is 81.0 cm³/mol. The molecule has 0 atom stereocenters. The Bertz CT molecular complexity index is 644. The molecule has 0 fully saturated rings. The van der Waals surface area contributed by atoms with Crippen molar-refractivity contribution in [2.45, 2.75) is 13.5 Å². The molecule has 0 N–H and O–H groups in total. The quantitative estimate of drug-likeness (QED) is 0.849. The lowest BCUT2D eigenvalue weighted by atomic mass is 10.1. The van der Waals surface area contributed by atoms with Crippen molar-refractivity contribution in [3.63, 3.8) is 0 Å². The number of hydrogen-bond acceptors (Lipinski definition) is 3. The number of methoxy groups -OCH3 is 1. The minimum atomic E-state index is 0.704. The highest BCUT2D eigenvalue weighted by molar-refractivity contribution is 5.63. The lowest BCUT2D eigenvalue weighted by molar-refractivity contribution is 0.414. The number of para-hydroxylation sites is 1. The Balaban J connectivity index is 2.28. The Hall–Kier alpha value is -2.47. The fourth-order valence-electron chi connectivity index (χ4n) is 2.38. The molecule has 2 rings (SSSR count). The van der Waals surface area contributed by atoms with Crippen molar-refractivity contribution in [1.82, 2.24) is 0 Å². The number of rotatable bonds is 4. The summed E-state index contributed by atoms with van der Waals surface area (Å²) in [6.07, 6.45) is 0. The lowest BCUT2D eigenvalue weighted by Gasteiger charge is -2.23. The molecular formula is C17H18N2O. The number of ether oxygens (including phenoxy) is 1. The molecule has 0 saturated heterocycles. The molecule has 0 heterocycles. The van der Waals surface area contributed by atoms with Gasteiger partial charge in [-0.3, -0.25) is 0 Å². The summed E-state index contributed by atoms with van der Waals surface area (Å²) in [5.74, 6) is 0.848. The summed E-state index contributed by atoms with van der Waals surface area (Å²) in [6.45, 7) is 2.76. The van der Waals surface area contributed by atoms with Gasteiger partial charge in [-0.25, -0.2) is 0 Å². The van der Waals surface area contributed by atoms with Crippen LogP contribution in [0.4, 0.5) is 5.69 Å². The van der Waals surface area contributed by atoms with Crippen LogP contribution < -0.4 is 9.64 Å². The second-order valence-corrected chi connectivity index (χ2v) is 4.79. The van der Waals surface area contributed by atoms with Crippen molar-refractivity contribution >= 4 is 5.69 Å². The second kappa shape index (κ2) is 6.12. The van der Waals surface area contributed by atoms with E-state index in [4.69, 9.17) is 4.74 Å². The highest BCUT2D eigenvalue weighted by Gasteiger charge is 2.10. The largest absolute Gasteiger partial charge is 0.497 e. The molecule has 0 unspecified atom stereocenters. The molecule has 0 saturated carbocycles. The normalized spacial score (nSPS) is 9.90. The first-order valence-corrected chi connectivity index (χ1v) is 6.49. The van der Waals surface area contributed by atoms with E-state index in [9.17, 15) is 5.26 Å². The summed E-state index contributed by atoms with van der Waals surface area (Å²) >= 11 is 0. The zero-order valence-corrected chi connectivity index (χ0v) is 12.1. The van der Waals surface area contributed by atoms with Crippen LogP contribution in [0.5, 0.6) is 5.75 Å². The summed E-state index contributed by atoms with van der Waals surface area (Å²) in [6, 6.07) is 16.0. The number of nitrogens with zero attached hydrogens (tertiary/aromatic N) is 2. The first-order chi connectivity index (χ1) is 9.65. The minimum absolute atomic E-state index is 0.704.